The summed E-state index contributed by atoms with van der Waals surface area (Å²) in [4.78, 5) is 13.0. The Balaban J connectivity index is 1.84. The number of sulfonamides is 1. The second-order valence-corrected chi connectivity index (χ2v) is 9.11. The summed E-state index contributed by atoms with van der Waals surface area (Å²) >= 11 is 3.31. The number of ether oxygens (including phenoxy) is 1. The average Bonchev–Trinajstić information content (AvgIpc) is 2.68. The third-order valence-corrected chi connectivity index (χ3v) is 6.96. The molecule has 1 saturated heterocycles. The predicted molar refractivity (Wildman–Crippen MR) is 107 cm³/mol. The molecule has 1 atom stereocenters. The molecule has 0 bridgehead atoms. The summed E-state index contributed by atoms with van der Waals surface area (Å²) in [6.45, 7) is 0.328. The van der Waals surface area contributed by atoms with Crippen LogP contribution >= 0.6 is 15.9 Å². The smallest absolute Gasteiger partial charge is 0.243 e. The monoisotopic (exact) mass is 452 g/mol. The van der Waals surface area contributed by atoms with Gasteiger partial charge in [-0.25, -0.2) is 8.42 Å². The van der Waals surface area contributed by atoms with Gasteiger partial charge < -0.3 is 10.1 Å². The van der Waals surface area contributed by atoms with Crippen LogP contribution in [0.4, 0.5) is 5.69 Å². The molecule has 0 unspecified atom stereocenters. The highest BCUT2D eigenvalue weighted by molar-refractivity contribution is 9.10. The SMILES string of the molecule is COc1cccc(NC(=O)[C@H]2CCCCN2S(=O)(=O)c2ccc(Br)cc2)c1. The van der Waals surface area contributed by atoms with Crippen LogP contribution in [0.1, 0.15) is 19.3 Å². The van der Waals surface area contributed by atoms with E-state index < -0.39 is 16.1 Å². The minimum atomic E-state index is -3.75. The van der Waals surface area contributed by atoms with E-state index in [2.05, 4.69) is 21.2 Å². The Morgan fingerprint density at radius 1 is 1.19 bits per heavy atom. The number of hydrogen-bond acceptors (Lipinski definition) is 4. The summed E-state index contributed by atoms with van der Waals surface area (Å²) in [5, 5.41) is 2.82. The van der Waals surface area contributed by atoms with Crippen LogP contribution in [-0.2, 0) is 14.8 Å². The first kappa shape index (κ1) is 19.9. The van der Waals surface area contributed by atoms with E-state index in [0.717, 1.165) is 17.3 Å². The maximum absolute atomic E-state index is 13.1. The van der Waals surface area contributed by atoms with Crippen molar-refractivity contribution in [3.05, 3.63) is 53.0 Å². The van der Waals surface area contributed by atoms with Crippen molar-refractivity contribution in [2.24, 2.45) is 0 Å². The van der Waals surface area contributed by atoms with E-state index in [4.69, 9.17) is 4.74 Å². The van der Waals surface area contributed by atoms with Gasteiger partial charge in [-0.3, -0.25) is 4.79 Å². The molecule has 3 rings (SSSR count). The van der Waals surface area contributed by atoms with Crippen LogP contribution < -0.4 is 10.1 Å². The molecule has 1 heterocycles. The van der Waals surface area contributed by atoms with Crippen molar-refractivity contribution >= 4 is 37.5 Å². The highest BCUT2D eigenvalue weighted by atomic mass is 79.9. The zero-order valence-electron chi connectivity index (χ0n) is 14.9. The Morgan fingerprint density at radius 3 is 2.63 bits per heavy atom. The third kappa shape index (κ3) is 4.51. The standard InChI is InChI=1S/C19H21BrN2O4S/c1-26-16-6-4-5-15(13-16)21-19(23)18-7-2-3-12-22(18)27(24,25)17-10-8-14(20)9-11-17/h4-6,8-11,13,18H,2-3,7,12H2,1H3,(H,21,23)/t18-/m1/s1. The molecular weight excluding hydrogens is 432 g/mol. The van der Waals surface area contributed by atoms with Crippen LogP contribution in [0.5, 0.6) is 5.75 Å². The maximum Gasteiger partial charge on any atom is 0.243 e. The minimum Gasteiger partial charge on any atom is -0.497 e. The fraction of sp³-hybridized carbons (Fsp3) is 0.316. The lowest BCUT2D eigenvalue weighted by Gasteiger charge is -2.33. The number of anilines is 1. The molecule has 0 spiro atoms. The Kier molecular flexibility index (Phi) is 6.18. The molecule has 8 heteroatoms. The lowest BCUT2D eigenvalue weighted by atomic mass is 10.0. The van der Waals surface area contributed by atoms with Crippen molar-refractivity contribution in [1.29, 1.82) is 0 Å². The first-order valence-electron chi connectivity index (χ1n) is 8.64. The van der Waals surface area contributed by atoms with Gasteiger partial charge in [-0.2, -0.15) is 4.31 Å². The number of halogens is 1. The zero-order valence-corrected chi connectivity index (χ0v) is 17.3. The molecule has 2 aromatic carbocycles. The molecule has 1 aliphatic heterocycles. The number of nitrogens with one attached hydrogen (secondary N) is 1. The molecule has 0 aromatic heterocycles. The van der Waals surface area contributed by atoms with Gasteiger partial charge in [0.25, 0.3) is 0 Å². The second-order valence-electron chi connectivity index (χ2n) is 6.30. The number of hydrogen-bond donors (Lipinski definition) is 1. The number of piperidine rings is 1. The van der Waals surface area contributed by atoms with Crippen LogP contribution in [-0.4, -0.2) is 38.3 Å². The Labute approximate surface area is 167 Å². The number of rotatable bonds is 5. The van der Waals surface area contributed by atoms with Gasteiger partial charge in [-0.05, 0) is 49.2 Å². The molecule has 6 nitrogen and oxygen atoms in total. The van der Waals surface area contributed by atoms with Crippen molar-refractivity contribution in [2.45, 2.75) is 30.2 Å². The first-order valence-corrected chi connectivity index (χ1v) is 10.9. The summed E-state index contributed by atoms with van der Waals surface area (Å²) < 4.78 is 33.4. The number of benzene rings is 2. The largest absolute Gasteiger partial charge is 0.497 e. The molecular formula is C19H21BrN2O4S. The quantitative estimate of drug-likeness (QED) is 0.750. The van der Waals surface area contributed by atoms with Crippen molar-refractivity contribution in [3.8, 4) is 5.75 Å². The minimum absolute atomic E-state index is 0.187. The Hall–Kier alpha value is -1.90. The summed E-state index contributed by atoms with van der Waals surface area (Å²) in [5.74, 6) is 0.291. The summed E-state index contributed by atoms with van der Waals surface area (Å²) in [6.07, 6.45) is 2.03. The van der Waals surface area contributed by atoms with Crippen LogP contribution in [0.25, 0.3) is 0 Å². The van der Waals surface area contributed by atoms with Crippen LogP contribution in [0.3, 0.4) is 0 Å². The van der Waals surface area contributed by atoms with E-state index in [0.29, 0.717) is 24.4 Å². The predicted octanol–water partition coefficient (Wildman–Crippen LogP) is 3.64. The van der Waals surface area contributed by atoms with E-state index in [9.17, 15) is 13.2 Å². The van der Waals surface area contributed by atoms with Gasteiger partial charge in [0.1, 0.15) is 11.8 Å². The normalized spacial score (nSPS) is 18.1. The number of carbonyl (C=O) groups is 1. The summed E-state index contributed by atoms with van der Waals surface area (Å²) in [7, 11) is -2.20. The van der Waals surface area contributed by atoms with Crippen LogP contribution in [0.15, 0.2) is 57.9 Å². The van der Waals surface area contributed by atoms with Crippen molar-refractivity contribution in [2.75, 3.05) is 19.0 Å². The highest BCUT2D eigenvalue weighted by Gasteiger charge is 2.37. The van der Waals surface area contributed by atoms with Crippen molar-refractivity contribution in [1.82, 2.24) is 4.31 Å². The fourth-order valence-corrected chi connectivity index (χ4v) is 5.04. The lowest BCUT2D eigenvalue weighted by Crippen LogP contribution is -2.49. The topological polar surface area (TPSA) is 75.7 Å². The van der Waals surface area contributed by atoms with E-state index in [1.54, 1.807) is 55.6 Å². The van der Waals surface area contributed by atoms with E-state index in [1.165, 1.54) is 4.31 Å². The molecule has 0 radical (unpaired) electrons. The van der Waals surface area contributed by atoms with Gasteiger partial charge in [0, 0.05) is 22.8 Å². The second kappa shape index (κ2) is 8.41. The van der Waals surface area contributed by atoms with Gasteiger partial charge in [-0.1, -0.05) is 28.4 Å². The Bertz CT molecular complexity index is 916. The van der Waals surface area contributed by atoms with Gasteiger partial charge in [-0.15, -0.1) is 0 Å². The summed E-state index contributed by atoms with van der Waals surface area (Å²) in [5.41, 5.74) is 0.575. The molecule has 1 amide bonds. The molecule has 1 aliphatic rings. The number of carbonyl (C=O) groups excluding carboxylic acids is 1. The molecule has 0 saturated carbocycles. The lowest BCUT2D eigenvalue weighted by molar-refractivity contribution is -0.120. The van der Waals surface area contributed by atoms with Crippen LogP contribution in [0.2, 0.25) is 0 Å². The van der Waals surface area contributed by atoms with E-state index >= 15 is 0 Å². The van der Waals surface area contributed by atoms with Gasteiger partial charge in [0.15, 0.2) is 0 Å². The zero-order chi connectivity index (χ0) is 19.4. The van der Waals surface area contributed by atoms with E-state index in [-0.39, 0.29) is 10.8 Å². The first-order chi connectivity index (χ1) is 12.9. The number of methoxy groups -OCH3 is 1. The third-order valence-electron chi connectivity index (χ3n) is 4.51. The Morgan fingerprint density at radius 2 is 1.93 bits per heavy atom. The van der Waals surface area contributed by atoms with Gasteiger partial charge in [0.2, 0.25) is 15.9 Å². The maximum atomic E-state index is 13.1. The molecule has 1 fully saturated rings. The van der Waals surface area contributed by atoms with Gasteiger partial charge >= 0.3 is 0 Å². The molecule has 1 N–H and O–H groups in total. The summed E-state index contributed by atoms with van der Waals surface area (Å²) in [6, 6.07) is 12.7. The molecule has 2 aromatic rings. The van der Waals surface area contributed by atoms with E-state index in [1.807, 2.05) is 0 Å². The molecule has 27 heavy (non-hydrogen) atoms. The number of nitrogens with zero attached hydrogens (tertiary/aromatic N) is 1. The van der Waals surface area contributed by atoms with Crippen LogP contribution in [0, 0.1) is 0 Å². The van der Waals surface area contributed by atoms with Gasteiger partial charge in [0.05, 0.1) is 12.0 Å². The molecule has 144 valence electrons. The van der Waals surface area contributed by atoms with Crippen molar-refractivity contribution in [3.63, 3.8) is 0 Å². The highest BCUT2D eigenvalue weighted by Crippen LogP contribution is 2.27. The molecule has 0 aliphatic carbocycles. The fourth-order valence-electron chi connectivity index (χ4n) is 3.12. The number of amides is 1. The average molecular weight is 453 g/mol. The van der Waals surface area contributed by atoms with Crippen molar-refractivity contribution < 1.29 is 17.9 Å².